The molecule has 0 saturated carbocycles. The summed E-state index contributed by atoms with van der Waals surface area (Å²) in [7, 11) is 0. The normalized spacial score (nSPS) is 12.5. The Bertz CT molecular complexity index is 325. The van der Waals surface area contributed by atoms with Crippen molar-refractivity contribution >= 4 is 5.78 Å². The molecule has 0 aliphatic carbocycles. The largest absolute Gasteiger partial charge is 0.330 e. The zero-order valence-electron chi connectivity index (χ0n) is 8.16. The maximum atomic E-state index is 13.1. The second kappa shape index (κ2) is 4.86. The number of benzene rings is 1. The van der Waals surface area contributed by atoms with Crippen molar-refractivity contribution in [3.8, 4) is 0 Å². The van der Waals surface area contributed by atoms with Crippen LogP contribution in [0.4, 0.5) is 4.39 Å². The van der Waals surface area contributed by atoms with Crippen LogP contribution in [-0.2, 0) is 11.2 Å². The van der Waals surface area contributed by atoms with Crippen LogP contribution in [-0.4, -0.2) is 12.3 Å². The molecule has 1 unspecified atom stereocenters. The fourth-order valence-electron chi connectivity index (χ4n) is 1.14. The summed E-state index contributed by atoms with van der Waals surface area (Å²) in [5, 5.41) is 0. The maximum absolute atomic E-state index is 13.1. The molecule has 0 amide bonds. The Kier molecular flexibility index (Phi) is 3.77. The summed E-state index contributed by atoms with van der Waals surface area (Å²) in [4.78, 5) is 11.4. The predicted molar refractivity (Wildman–Crippen MR) is 53.3 cm³/mol. The van der Waals surface area contributed by atoms with Crippen molar-refractivity contribution in [1.82, 2.24) is 0 Å². The van der Waals surface area contributed by atoms with Gasteiger partial charge in [0.2, 0.25) is 0 Å². The van der Waals surface area contributed by atoms with Gasteiger partial charge in [-0.15, -0.1) is 0 Å². The number of hydrogen-bond acceptors (Lipinski definition) is 2. The zero-order chi connectivity index (χ0) is 10.6. The van der Waals surface area contributed by atoms with Gasteiger partial charge in [0.1, 0.15) is 11.6 Å². The molecule has 1 atom stereocenters. The van der Waals surface area contributed by atoms with Gasteiger partial charge in [-0.2, -0.15) is 0 Å². The van der Waals surface area contributed by atoms with E-state index in [0.717, 1.165) is 0 Å². The lowest BCUT2D eigenvalue weighted by Gasteiger charge is -2.07. The Morgan fingerprint density at radius 3 is 2.71 bits per heavy atom. The van der Waals surface area contributed by atoms with Gasteiger partial charge in [0.15, 0.2) is 0 Å². The quantitative estimate of drug-likeness (QED) is 0.791. The van der Waals surface area contributed by atoms with Crippen LogP contribution in [0.2, 0.25) is 0 Å². The standard InChI is InChI=1S/C11H14FNO/c1-8(7-13)11(14)6-9-4-2-3-5-10(9)12/h2-5,8H,6-7,13H2,1H3. The molecule has 0 radical (unpaired) electrons. The summed E-state index contributed by atoms with van der Waals surface area (Å²) in [6, 6.07) is 6.31. The number of rotatable bonds is 4. The first-order valence-corrected chi connectivity index (χ1v) is 4.61. The van der Waals surface area contributed by atoms with Gasteiger partial charge in [-0.05, 0) is 11.6 Å². The third-order valence-corrected chi connectivity index (χ3v) is 2.23. The Balaban J connectivity index is 2.70. The molecule has 14 heavy (non-hydrogen) atoms. The van der Waals surface area contributed by atoms with Crippen molar-refractivity contribution in [3.05, 3.63) is 35.6 Å². The molecule has 0 fully saturated rings. The van der Waals surface area contributed by atoms with Crippen molar-refractivity contribution in [3.63, 3.8) is 0 Å². The van der Waals surface area contributed by atoms with Gasteiger partial charge >= 0.3 is 0 Å². The highest BCUT2D eigenvalue weighted by Crippen LogP contribution is 2.09. The van der Waals surface area contributed by atoms with E-state index in [1.165, 1.54) is 6.07 Å². The number of nitrogens with two attached hydrogens (primary N) is 1. The lowest BCUT2D eigenvalue weighted by Crippen LogP contribution is -2.22. The van der Waals surface area contributed by atoms with Gasteiger partial charge in [-0.3, -0.25) is 4.79 Å². The minimum Gasteiger partial charge on any atom is -0.330 e. The molecule has 1 rings (SSSR count). The highest BCUT2D eigenvalue weighted by molar-refractivity contribution is 5.83. The Morgan fingerprint density at radius 2 is 2.14 bits per heavy atom. The van der Waals surface area contributed by atoms with E-state index in [1.54, 1.807) is 25.1 Å². The van der Waals surface area contributed by atoms with E-state index in [2.05, 4.69) is 0 Å². The fourth-order valence-corrected chi connectivity index (χ4v) is 1.14. The van der Waals surface area contributed by atoms with Crippen molar-refractivity contribution in [2.75, 3.05) is 6.54 Å². The molecule has 3 heteroatoms. The monoisotopic (exact) mass is 195 g/mol. The number of Topliss-reactive ketones (excluding diaryl/α,β-unsaturated/α-hetero) is 1. The van der Waals surface area contributed by atoms with Crippen molar-refractivity contribution < 1.29 is 9.18 Å². The molecule has 0 heterocycles. The van der Waals surface area contributed by atoms with E-state index in [9.17, 15) is 9.18 Å². The minimum absolute atomic E-state index is 0.0161. The van der Waals surface area contributed by atoms with Crippen LogP contribution in [0.3, 0.4) is 0 Å². The lowest BCUT2D eigenvalue weighted by molar-refractivity contribution is -0.121. The Hall–Kier alpha value is -1.22. The van der Waals surface area contributed by atoms with Gasteiger partial charge in [0.25, 0.3) is 0 Å². The minimum atomic E-state index is -0.329. The molecule has 2 nitrogen and oxygen atoms in total. The molecule has 1 aromatic rings. The molecule has 0 spiro atoms. The van der Waals surface area contributed by atoms with Gasteiger partial charge in [0.05, 0.1) is 0 Å². The van der Waals surface area contributed by atoms with Crippen molar-refractivity contribution in [2.45, 2.75) is 13.3 Å². The van der Waals surface area contributed by atoms with E-state index < -0.39 is 0 Å². The number of ketones is 1. The molecule has 2 N–H and O–H groups in total. The first-order valence-electron chi connectivity index (χ1n) is 4.61. The summed E-state index contributed by atoms with van der Waals surface area (Å²) in [5.41, 5.74) is 5.79. The summed E-state index contributed by atoms with van der Waals surface area (Å²) in [6.45, 7) is 2.07. The van der Waals surface area contributed by atoms with Crippen LogP contribution in [0.1, 0.15) is 12.5 Å². The number of halogens is 1. The van der Waals surface area contributed by atoms with Gasteiger partial charge < -0.3 is 5.73 Å². The molecule has 0 aliphatic heterocycles. The summed E-state index contributed by atoms with van der Waals surface area (Å²) in [5.74, 6) is -0.544. The van der Waals surface area contributed by atoms with Crippen LogP contribution in [0.5, 0.6) is 0 Å². The third-order valence-electron chi connectivity index (χ3n) is 2.23. The van der Waals surface area contributed by atoms with E-state index in [0.29, 0.717) is 12.1 Å². The topological polar surface area (TPSA) is 43.1 Å². The Morgan fingerprint density at radius 1 is 1.50 bits per heavy atom. The molecular formula is C11H14FNO. The van der Waals surface area contributed by atoms with Gasteiger partial charge in [-0.1, -0.05) is 25.1 Å². The van der Waals surface area contributed by atoms with Gasteiger partial charge in [0, 0.05) is 18.9 Å². The van der Waals surface area contributed by atoms with E-state index >= 15 is 0 Å². The second-order valence-corrected chi connectivity index (χ2v) is 3.37. The number of hydrogen-bond donors (Lipinski definition) is 1. The SMILES string of the molecule is CC(CN)C(=O)Cc1ccccc1F. The highest BCUT2D eigenvalue weighted by Gasteiger charge is 2.13. The smallest absolute Gasteiger partial charge is 0.141 e. The average Bonchev–Trinajstić information content (AvgIpc) is 2.20. The van der Waals surface area contributed by atoms with Crippen LogP contribution in [0.25, 0.3) is 0 Å². The first kappa shape index (κ1) is 10.9. The third kappa shape index (κ3) is 2.64. The van der Waals surface area contributed by atoms with Crippen molar-refractivity contribution in [1.29, 1.82) is 0 Å². The average molecular weight is 195 g/mol. The molecule has 0 aliphatic rings. The summed E-state index contributed by atoms with van der Waals surface area (Å²) < 4.78 is 13.1. The lowest BCUT2D eigenvalue weighted by atomic mass is 9.99. The predicted octanol–water partition coefficient (Wildman–Crippen LogP) is 1.53. The molecule has 0 bridgehead atoms. The molecule has 0 aromatic heterocycles. The van der Waals surface area contributed by atoms with Crippen LogP contribution >= 0.6 is 0 Å². The van der Waals surface area contributed by atoms with E-state index in [4.69, 9.17) is 5.73 Å². The van der Waals surface area contributed by atoms with Crippen LogP contribution < -0.4 is 5.73 Å². The van der Waals surface area contributed by atoms with Gasteiger partial charge in [-0.25, -0.2) is 4.39 Å². The maximum Gasteiger partial charge on any atom is 0.141 e. The second-order valence-electron chi connectivity index (χ2n) is 3.37. The summed E-state index contributed by atoms with van der Waals surface area (Å²) >= 11 is 0. The highest BCUT2D eigenvalue weighted by atomic mass is 19.1. The van der Waals surface area contributed by atoms with E-state index in [-0.39, 0.29) is 23.9 Å². The molecule has 0 saturated heterocycles. The Labute approximate surface area is 82.9 Å². The van der Waals surface area contributed by atoms with E-state index in [1.807, 2.05) is 0 Å². The fraction of sp³-hybridized carbons (Fsp3) is 0.364. The van der Waals surface area contributed by atoms with Crippen molar-refractivity contribution in [2.24, 2.45) is 11.7 Å². The molecular weight excluding hydrogens is 181 g/mol. The molecule has 1 aromatic carbocycles. The first-order chi connectivity index (χ1) is 6.65. The van der Waals surface area contributed by atoms with Crippen LogP contribution in [0, 0.1) is 11.7 Å². The number of carbonyl (C=O) groups excluding carboxylic acids is 1. The molecule has 76 valence electrons. The zero-order valence-corrected chi connectivity index (χ0v) is 8.16. The summed E-state index contributed by atoms with van der Waals surface area (Å²) in [6.07, 6.45) is 0.130. The number of carbonyl (C=O) groups is 1. The van der Waals surface area contributed by atoms with Crippen LogP contribution in [0.15, 0.2) is 24.3 Å².